The molecule has 1 heterocycles. The summed E-state index contributed by atoms with van der Waals surface area (Å²) in [6.45, 7) is 3.39. The van der Waals surface area contributed by atoms with Crippen LogP contribution in [0.4, 0.5) is 11.6 Å². The summed E-state index contributed by atoms with van der Waals surface area (Å²) in [7, 11) is -6.97. The quantitative estimate of drug-likeness (QED) is 0.671. The van der Waals surface area contributed by atoms with Crippen molar-refractivity contribution >= 4 is 37.3 Å². The highest BCUT2D eigenvalue weighted by molar-refractivity contribution is 7.92. The Labute approximate surface area is 158 Å². The van der Waals surface area contributed by atoms with Crippen LogP contribution in [0, 0.1) is 13.8 Å². The van der Waals surface area contributed by atoms with Gasteiger partial charge in [-0.3, -0.25) is 4.79 Å². The summed E-state index contributed by atoms with van der Waals surface area (Å²) < 4.78 is 54.2. The molecule has 0 aliphatic heterocycles. The molecule has 11 heteroatoms. The van der Waals surface area contributed by atoms with E-state index in [1.165, 1.54) is 24.3 Å². The molecule has 2 N–H and O–H groups in total. The predicted octanol–water partition coefficient (Wildman–Crippen LogP) is 1.86. The standard InChI is InChI=1S/C16H21N3O6S2/c1-11-12(2)18-25-16(11)19-27(23,24)14-8-6-13(7-9-14)17-15(20)5-4-10-26(3,21)22/h6-9,19H,4-5,10H2,1-3H3,(H,17,20). The molecule has 27 heavy (non-hydrogen) atoms. The van der Waals surface area contributed by atoms with Crippen LogP contribution in [0.1, 0.15) is 24.1 Å². The number of aryl methyl sites for hydroxylation is 1. The summed E-state index contributed by atoms with van der Waals surface area (Å²) in [5, 5.41) is 6.28. The van der Waals surface area contributed by atoms with Gasteiger partial charge in [-0.25, -0.2) is 21.6 Å². The third-order valence-corrected chi connectivity index (χ3v) is 6.13. The minimum Gasteiger partial charge on any atom is -0.337 e. The summed E-state index contributed by atoms with van der Waals surface area (Å²) >= 11 is 0. The van der Waals surface area contributed by atoms with E-state index < -0.39 is 19.9 Å². The van der Waals surface area contributed by atoms with Gasteiger partial charge in [0.2, 0.25) is 11.8 Å². The fourth-order valence-electron chi connectivity index (χ4n) is 2.13. The van der Waals surface area contributed by atoms with Gasteiger partial charge in [-0.15, -0.1) is 0 Å². The Balaban J connectivity index is 1.99. The SMILES string of the molecule is Cc1noc(NS(=O)(=O)c2ccc(NC(=O)CCCS(C)(=O)=O)cc2)c1C. The molecular formula is C16H21N3O6S2. The fraction of sp³-hybridized carbons (Fsp3) is 0.375. The second-order valence-electron chi connectivity index (χ2n) is 6.13. The van der Waals surface area contributed by atoms with Crippen LogP contribution in [0.5, 0.6) is 0 Å². The number of nitrogens with zero attached hydrogens (tertiary/aromatic N) is 1. The minimum atomic E-state index is -3.86. The number of nitrogens with one attached hydrogen (secondary N) is 2. The number of amides is 1. The molecular weight excluding hydrogens is 394 g/mol. The number of anilines is 2. The summed E-state index contributed by atoms with van der Waals surface area (Å²) in [4.78, 5) is 11.8. The minimum absolute atomic E-state index is 0.00831. The van der Waals surface area contributed by atoms with Crippen molar-refractivity contribution in [2.75, 3.05) is 22.0 Å². The molecule has 1 aromatic carbocycles. The van der Waals surface area contributed by atoms with Gasteiger partial charge in [0.25, 0.3) is 10.0 Å². The first-order chi connectivity index (χ1) is 12.5. The Morgan fingerprint density at radius 2 is 1.74 bits per heavy atom. The number of hydrogen-bond acceptors (Lipinski definition) is 7. The van der Waals surface area contributed by atoms with E-state index in [-0.39, 0.29) is 35.3 Å². The Hall–Kier alpha value is -2.40. The molecule has 0 radical (unpaired) electrons. The molecule has 1 amide bonds. The predicted molar refractivity (Wildman–Crippen MR) is 101 cm³/mol. The normalized spacial score (nSPS) is 12.0. The van der Waals surface area contributed by atoms with E-state index in [1.54, 1.807) is 13.8 Å². The molecule has 0 spiro atoms. The van der Waals surface area contributed by atoms with Gasteiger partial charge >= 0.3 is 0 Å². The topological polar surface area (TPSA) is 135 Å². The Morgan fingerprint density at radius 3 is 2.26 bits per heavy atom. The molecule has 0 saturated heterocycles. The first-order valence-corrected chi connectivity index (χ1v) is 11.6. The van der Waals surface area contributed by atoms with Crippen molar-refractivity contribution in [1.29, 1.82) is 0 Å². The second kappa shape index (κ2) is 8.09. The highest BCUT2D eigenvalue weighted by Crippen LogP contribution is 2.22. The number of sulfonamides is 1. The number of hydrogen-bond donors (Lipinski definition) is 2. The highest BCUT2D eigenvalue weighted by Gasteiger charge is 2.19. The molecule has 2 rings (SSSR count). The summed E-state index contributed by atoms with van der Waals surface area (Å²) in [6.07, 6.45) is 1.38. The Morgan fingerprint density at radius 1 is 1.11 bits per heavy atom. The molecule has 0 fully saturated rings. The first-order valence-electron chi connectivity index (χ1n) is 8.01. The fourth-order valence-corrected chi connectivity index (χ4v) is 3.84. The van der Waals surface area contributed by atoms with Gasteiger partial charge in [0, 0.05) is 23.9 Å². The zero-order valence-corrected chi connectivity index (χ0v) is 16.8. The molecule has 1 aromatic heterocycles. The molecule has 0 aliphatic rings. The van der Waals surface area contributed by atoms with Crippen molar-refractivity contribution in [3.63, 3.8) is 0 Å². The summed E-state index contributed by atoms with van der Waals surface area (Å²) in [6, 6.07) is 5.57. The summed E-state index contributed by atoms with van der Waals surface area (Å²) in [5.41, 5.74) is 1.59. The largest absolute Gasteiger partial charge is 0.337 e. The zero-order chi connectivity index (χ0) is 20.2. The lowest BCUT2D eigenvalue weighted by Gasteiger charge is -2.08. The van der Waals surface area contributed by atoms with Crippen molar-refractivity contribution in [2.24, 2.45) is 0 Å². The van der Waals surface area contributed by atoms with E-state index >= 15 is 0 Å². The van der Waals surface area contributed by atoms with E-state index in [2.05, 4.69) is 15.2 Å². The lowest BCUT2D eigenvalue weighted by atomic mass is 10.3. The number of rotatable bonds is 8. The highest BCUT2D eigenvalue weighted by atomic mass is 32.2. The molecule has 0 unspecified atom stereocenters. The maximum Gasteiger partial charge on any atom is 0.264 e. The Bertz CT molecular complexity index is 1020. The number of carbonyl (C=O) groups excluding carboxylic acids is 1. The van der Waals surface area contributed by atoms with Gasteiger partial charge < -0.3 is 9.84 Å². The molecule has 148 valence electrons. The lowest BCUT2D eigenvalue weighted by molar-refractivity contribution is -0.116. The average molecular weight is 415 g/mol. The monoisotopic (exact) mass is 415 g/mol. The maximum atomic E-state index is 12.4. The van der Waals surface area contributed by atoms with Crippen LogP contribution in [-0.4, -0.2) is 39.9 Å². The van der Waals surface area contributed by atoms with E-state index in [0.717, 1.165) is 6.26 Å². The van der Waals surface area contributed by atoms with Crippen molar-refractivity contribution < 1.29 is 26.2 Å². The average Bonchev–Trinajstić information content (AvgIpc) is 2.86. The van der Waals surface area contributed by atoms with Crippen LogP contribution in [0.3, 0.4) is 0 Å². The Kier molecular flexibility index (Phi) is 6.26. The van der Waals surface area contributed by atoms with Crippen LogP contribution in [0.2, 0.25) is 0 Å². The third kappa shape index (κ3) is 6.07. The van der Waals surface area contributed by atoms with Crippen molar-refractivity contribution in [3.05, 3.63) is 35.5 Å². The smallest absolute Gasteiger partial charge is 0.264 e. The molecule has 0 aliphatic carbocycles. The van der Waals surface area contributed by atoms with Crippen molar-refractivity contribution in [1.82, 2.24) is 5.16 Å². The van der Waals surface area contributed by atoms with Gasteiger partial charge in [0.05, 0.1) is 16.3 Å². The van der Waals surface area contributed by atoms with Crippen molar-refractivity contribution in [3.8, 4) is 0 Å². The molecule has 0 bridgehead atoms. The first kappa shape index (κ1) is 20.9. The molecule has 2 aromatic rings. The van der Waals surface area contributed by atoms with Crippen molar-refractivity contribution in [2.45, 2.75) is 31.6 Å². The molecule has 0 atom stereocenters. The van der Waals surface area contributed by atoms with Crippen LogP contribution in [-0.2, 0) is 24.7 Å². The van der Waals surface area contributed by atoms with Gasteiger partial charge in [-0.05, 0) is 44.5 Å². The van der Waals surface area contributed by atoms with E-state index in [9.17, 15) is 21.6 Å². The lowest BCUT2D eigenvalue weighted by Crippen LogP contribution is -2.15. The third-order valence-electron chi connectivity index (χ3n) is 3.75. The van der Waals surface area contributed by atoms with E-state index in [1.807, 2.05) is 0 Å². The van der Waals surface area contributed by atoms with Gasteiger partial charge in [0.15, 0.2) is 0 Å². The van der Waals surface area contributed by atoms with E-state index in [4.69, 9.17) is 4.52 Å². The summed E-state index contributed by atoms with van der Waals surface area (Å²) in [5.74, 6) is -0.361. The van der Waals surface area contributed by atoms with Gasteiger partial charge in [-0.1, -0.05) is 5.16 Å². The van der Waals surface area contributed by atoms with Crippen LogP contribution < -0.4 is 10.0 Å². The van der Waals surface area contributed by atoms with Crippen LogP contribution in [0.25, 0.3) is 0 Å². The number of benzene rings is 1. The second-order valence-corrected chi connectivity index (χ2v) is 10.1. The number of carbonyl (C=O) groups is 1. The van der Waals surface area contributed by atoms with Crippen LogP contribution >= 0.6 is 0 Å². The van der Waals surface area contributed by atoms with Crippen LogP contribution in [0.15, 0.2) is 33.7 Å². The zero-order valence-electron chi connectivity index (χ0n) is 15.1. The number of sulfone groups is 1. The van der Waals surface area contributed by atoms with Gasteiger partial charge in [-0.2, -0.15) is 0 Å². The number of aromatic nitrogens is 1. The van der Waals surface area contributed by atoms with Gasteiger partial charge in [0.1, 0.15) is 9.84 Å². The van der Waals surface area contributed by atoms with E-state index in [0.29, 0.717) is 16.9 Å². The maximum absolute atomic E-state index is 12.4. The molecule has 9 nitrogen and oxygen atoms in total. The molecule has 0 saturated carbocycles.